The number of ketones is 1. The highest BCUT2D eigenvalue weighted by atomic mass is 16.5. The molecular weight excluding hydrogens is 442 g/mol. The van der Waals surface area contributed by atoms with Crippen LogP contribution < -0.4 is 0 Å². The van der Waals surface area contributed by atoms with Crippen molar-refractivity contribution in [2.24, 2.45) is 0 Å². The van der Waals surface area contributed by atoms with Gasteiger partial charge >= 0.3 is 5.97 Å². The van der Waals surface area contributed by atoms with E-state index in [1.165, 1.54) is 13.8 Å². The van der Waals surface area contributed by atoms with Gasteiger partial charge in [0.2, 0.25) is 5.78 Å². The number of nitrogens with zero attached hydrogens (tertiary/aromatic N) is 3. The van der Waals surface area contributed by atoms with Crippen molar-refractivity contribution in [2.45, 2.75) is 39.5 Å². The Morgan fingerprint density at radius 1 is 1.06 bits per heavy atom. The first-order valence-corrected chi connectivity index (χ1v) is 11.3. The van der Waals surface area contributed by atoms with Crippen molar-refractivity contribution in [3.63, 3.8) is 0 Å². The molecule has 0 spiro atoms. The Morgan fingerprint density at radius 2 is 1.77 bits per heavy atom. The summed E-state index contributed by atoms with van der Waals surface area (Å²) in [5.41, 5.74) is 3.81. The van der Waals surface area contributed by atoms with Crippen LogP contribution in [0.5, 0.6) is 0 Å². The van der Waals surface area contributed by atoms with Gasteiger partial charge in [0.25, 0.3) is 0 Å². The minimum absolute atomic E-state index is 0.136. The standard InChI is InChI=1S/C28H27N3O4/c1-19-6-12-22(13-7-19)25(32)26-30-23-17-29-15-14-24(23)31(26)16-4-5-20-8-10-21(11-9-20)18-35-28(2,3)27(33)34/h4-15,17H,16,18H2,1-3H3,(H,33,34)/b5-4+. The molecule has 178 valence electrons. The maximum atomic E-state index is 13.2. The molecule has 1 N–H and O–H groups in total. The number of carboxylic acid groups (broad SMARTS) is 1. The number of hydrogen-bond acceptors (Lipinski definition) is 5. The van der Waals surface area contributed by atoms with E-state index >= 15 is 0 Å². The Labute approximate surface area is 203 Å². The molecule has 0 saturated heterocycles. The molecule has 0 saturated carbocycles. The summed E-state index contributed by atoms with van der Waals surface area (Å²) < 4.78 is 7.40. The number of imidazole rings is 1. The van der Waals surface area contributed by atoms with Crippen LogP contribution in [0, 0.1) is 6.92 Å². The Kier molecular flexibility index (Phi) is 6.89. The molecule has 0 unspecified atom stereocenters. The van der Waals surface area contributed by atoms with Crippen LogP contribution in [0.25, 0.3) is 17.1 Å². The van der Waals surface area contributed by atoms with E-state index in [4.69, 9.17) is 9.84 Å². The van der Waals surface area contributed by atoms with E-state index in [1.807, 2.05) is 78.2 Å². The first-order valence-electron chi connectivity index (χ1n) is 11.3. The summed E-state index contributed by atoms with van der Waals surface area (Å²) >= 11 is 0. The number of ether oxygens (including phenoxy) is 1. The molecule has 7 heteroatoms. The summed E-state index contributed by atoms with van der Waals surface area (Å²) in [6.45, 7) is 5.71. The molecule has 0 radical (unpaired) electrons. The second kappa shape index (κ2) is 10.0. The average Bonchev–Trinajstić information content (AvgIpc) is 3.22. The molecule has 2 aromatic carbocycles. The summed E-state index contributed by atoms with van der Waals surface area (Å²) in [7, 11) is 0. The zero-order chi connectivity index (χ0) is 25.0. The third kappa shape index (κ3) is 5.53. The molecule has 0 aliphatic carbocycles. The molecule has 0 atom stereocenters. The summed E-state index contributed by atoms with van der Waals surface area (Å²) in [6.07, 6.45) is 7.30. The van der Waals surface area contributed by atoms with Gasteiger partial charge in [0.05, 0.1) is 18.3 Å². The van der Waals surface area contributed by atoms with Crippen LogP contribution >= 0.6 is 0 Å². The summed E-state index contributed by atoms with van der Waals surface area (Å²) in [5.74, 6) is -0.765. The Balaban J connectivity index is 1.51. The van der Waals surface area contributed by atoms with Crippen LogP contribution in [-0.4, -0.2) is 37.0 Å². The largest absolute Gasteiger partial charge is 0.479 e. The minimum atomic E-state index is -1.24. The fourth-order valence-electron chi connectivity index (χ4n) is 3.52. The first kappa shape index (κ1) is 24.0. The quantitative estimate of drug-likeness (QED) is 0.344. The van der Waals surface area contributed by atoms with Crippen LogP contribution in [-0.2, 0) is 22.7 Å². The molecule has 0 bridgehead atoms. The third-order valence-electron chi connectivity index (χ3n) is 5.76. The molecule has 0 amide bonds. The predicted molar refractivity (Wildman–Crippen MR) is 134 cm³/mol. The van der Waals surface area contributed by atoms with Crippen LogP contribution in [0.2, 0.25) is 0 Å². The van der Waals surface area contributed by atoms with E-state index in [1.54, 1.807) is 12.4 Å². The number of aryl methyl sites for hydroxylation is 1. The lowest BCUT2D eigenvalue weighted by atomic mass is 10.1. The fraction of sp³-hybridized carbons (Fsp3) is 0.214. The highest BCUT2D eigenvalue weighted by Gasteiger charge is 2.27. The van der Waals surface area contributed by atoms with Crippen LogP contribution in [0.15, 0.2) is 73.1 Å². The van der Waals surface area contributed by atoms with E-state index in [0.29, 0.717) is 23.4 Å². The lowest BCUT2D eigenvalue weighted by molar-refractivity contribution is -0.162. The van der Waals surface area contributed by atoms with Gasteiger partial charge in [-0.05, 0) is 38.0 Å². The van der Waals surface area contributed by atoms with Crippen molar-refractivity contribution in [3.05, 3.63) is 101 Å². The number of benzene rings is 2. The SMILES string of the molecule is Cc1ccc(C(=O)c2nc3cnccc3n2C/C=C/c2ccc(COC(C)(C)C(=O)O)cc2)cc1. The zero-order valence-electron chi connectivity index (χ0n) is 19.9. The van der Waals surface area contributed by atoms with E-state index in [0.717, 1.165) is 22.2 Å². The first-order chi connectivity index (χ1) is 16.7. The Morgan fingerprint density at radius 3 is 2.46 bits per heavy atom. The molecule has 4 aromatic rings. The molecule has 0 aliphatic heterocycles. The second-order valence-electron chi connectivity index (χ2n) is 8.85. The normalized spacial score (nSPS) is 11.9. The van der Waals surface area contributed by atoms with E-state index < -0.39 is 11.6 Å². The van der Waals surface area contributed by atoms with E-state index in [9.17, 15) is 9.59 Å². The zero-order valence-corrected chi connectivity index (χ0v) is 19.9. The number of pyridine rings is 1. The number of fused-ring (bicyclic) bond motifs is 1. The van der Waals surface area contributed by atoms with Crippen molar-refractivity contribution in [1.29, 1.82) is 0 Å². The number of carboxylic acids is 1. The Bertz CT molecular complexity index is 1380. The minimum Gasteiger partial charge on any atom is -0.479 e. The highest BCUT2D eigenvalue weighted by Crippen LogP contribution is 2.19. The molecule has 7 nitrogen and oxygen atoms in total. The number of rotatable bonds is 9. The maximum Gasteiger partial charge on any atom is 0.335 e. The summed E-state index contributed by atoms with van der Waals surface area (Å²) in [4.78, 5) is 33.1. The fourth-order valence-corrected chi connectivity index (χ4v) is 3.52. The van der Waals surface area contributed by atoms with Crippen LogP contribution in [0.3, 0.4) is 0 Å². The molecule has 0 aliphatic rings. The molecule has 4 rings (SSSR count). The smallest absolute Gasteiger partial charge is 0.335 e. The van der Waals surface area contributed by atoms with Gasteiger partial charge in [-0.15, -0.1) is 0 Å². The number of aromatic nitrogens is 3. The molecule has 35 heavy (non-hydrogen) atoms. The average molecular weight is 470 g/mol. The van der Waals surface area contributed by atoms with Gasteiger partial charge in [0.1, 0.15) is 5.52 Å². The van der Waals surface area contributed by atoms with Crippen molar-refractivity contribution in [3.8, 4) is 0 Å². The van der Waals surface area contributed by atoms with Gasteiger partial charge in [-0.3, -0.25) is 9.78 Å². The number of allylic oxidation sites excluding steroid dienone is 1. The van der Waals surface area contributed by atoms with Crippen molar-refractivity contribution < 1.29 is 19.4 Å². The lowest BCUT2D eigenvalue weighted by Gasteiger charge is -2.20. The van der Waals surface area contributed by atoms with Gasteiger partial charge in [-0.2, -0.15) is 0 Å². The second-order valence-corrected chi connectivity index (χ2v) is 8.85. The van der Waals surface area contributed by atoms with Crippen molar-refractivity contribution >= 4 is 28.9 Å². The number of aliphatic carboxylic acids is 1. The van der Waals surface area contributed by atoms with Crippen LogP contribution in [0.1, 0.15) is 46.7 Å². The van der Waals surface area contributed by atoms with Gasteiger partial charge in [-0.25, -0.2) is 9.78 Å². The van der Waals surface area contributed by atoms with Crippen molar-refractivity contribution in [2.75, 3.05) is 0 Å². The van der Waals surface area contributed by atoms with E-state index in [-0.39, 0.29) is 12.4 Å². The summed E-state index contributed by atoms with van der Waals surface area (Å²) in [5, 5.41) is 9.17. The Hall–Kier alpha value is -4.10. The predicted octanol–water partition coefficient (Wildman–Crippen LogP) is 5.06. The monoisotopic (exact) mass is 469 g/mol. The van der Waals surface area contributed by atoms with Crippen LogP contribution in [0.4, 0.5) is 0 Å². The number of carbonyl (C=O) groups is 2. The summed E-state index contributed by atoms with van der Waals surface area (Å²) in [6, 6.07) is 17.0. The topological polar surface area (TPSA) is 94.3 Å². The highest BCUT2D eigenvalue weighted by molar-refractivity contribution is 6.08. The molecule has 2 aromatic heterocycles. The third-order valence-corrected chi connectivity index (χ3v) is 5.76. The lowest BCUT2D eigenvalue weighted by Crippen LogP contribution is -2.34. The van der Waals surface area contributed by atoms with Gasteiger partial charge in [0, 0.05) is 18.3 Å². The van der Waals surface area contributed by atoms with Gasteiger partial charge in [-0.1, -0.05) is 66.2 Å². The number of hydrogen-bond donors (Lipinski definition) is 1. The maximum absolute atomic E-state index is 13.2. The van der Waals surface area contributed by atoms with Gasteiger partial charge < -0.3 is 14.4 Å². The molecular formula is C28H27N3O4. The van der Waals surface area contributed by atoms with E-state index in [2.05, 4.69) is 9.97 Å². The van der Waals surface area contributed by atoms with Crippen molar-refractivity contribution in [1.82, 2.24) is 14.5 Å². The molecule has 2 heterocycles. The number of carbonyl (C=O) groups excluding carboxylic acids is 1. The van der Waals surface area contributed by atoms with Gasteiger partial charge in [0.15, 0.2) is 11.4 Å². The molecule has 0 fully saturated rings.